The number of rotatable bonds is 8. The fraction of sp³-hybridized carbons (Fsp3) is 0.520. The zero-order valence-corrected chi connectivity index (χ0v) is 20.2. The van der Waals surface area contributed by atoms with Crippen molar-refractivity contribution < 1.29 is 14.3 Å². The van der Waals surface area contributed by atoms with Gasteiger partial charge < -0.3 is 14.8 Å². The van der Waals surface area contributed by atoms with Crippen molar-refractivity contribution in [2.75, 3.05) is 46.1 Å². The zero-order chi connectivity index (χ0) is 23.2. The number of morpholine rings is 1. The molecule has 1 aromatic heterocycles. The third kappa shape index (κ3) is 6.23. The lowest BCUT2D eigenvalue weighted by atomic mass is 9.97. The van der Waals surface area contributed by atoms with Gasteiger partial charge in [0, 0.05) is 49.8 Å². The molecule has 2 saturated heterocycles. The van der Waals surface area contributed by atoms with Crippen molar-refractivity contribution in [3.05, 3.63) is 57.9 Å². The van der Waals surface area contributed by atoms with Crippen LogP contribution in [0.25, 0.3) is 6.08 Å². The number of halogens is 1. The fourth-order valence-electron chi connectivity index (χ4n) is 4.51. The number of carbonyl (C=O) groups excluding carboxylic acids is 1. The number of benzene rings is 1. The van der Waals surface area contributed by atoms with Crippen LogP contribution in [0.5, 0.6) is 0 Å². The van der Waals surface area contributed by atoms with Crippen LogP contribution in [0.1, 0.15) is 28.8 Å². The minimum Gasteiger partial charge on any atom is -0.381 e. The average Bonchev–Trinajstić information content (AvgIpc) is 3.44. The van der Waals surface area contributed by atoms with Gasteiger partial charge >= 0.3 is 0 Å². The lowest BCUT2D eigenvalue weighted by Gasteiger charge is -2.37. The monoisotopic (exact) mass is 472 g/mol. The summed E-state index contributed by atoms with van der Waals surface area (Å²) in [6.07, 6.45) is 4.34. The van der Waals surface area contributed by atoms with Crippen LogP contribution in [-0.4, -0.2) is 72.7 Å². The van der Waals surface area contributed by atoms with Gasteiger partial charge in [-0.05, 0) is 31.9 Å². The van der Waals surface area contributed by atoms with Crippen molar-refractivity contribution in [1.29, 1.82) is 0 Å². The molecule has 2 aliphatic heterocycles. The molecular formula is C25H33ClN4O3. The van der Waals surface area contributed by atoms with E-state index in [-0.39, 0.29) is 11.9 Å². The van der Waals surface area contributed by atoms with Crippen LogP contribution in [-0.2, 0) is 20.8 Å². The topological polar surface area (TPSA) is 68.6 Å². The number of hydrogen-bond acceptors (Lipinski definition) is 5. The molecule has 2 aromatic rings. The van der Waals surface area contributed by atoms with Crippen LogP contribution >= 0.6 is 11.6 Å². The largest absolute Gasteiger partial charge is 0.381 e. The smallest absolute Gasteiger partial charge is 0.244 e. The van der Waals surface area contributed by atoms with E-state index in [1.54, 1.807) is 16.8 Å². The van der Waals surface area contributed by atoms with Crippen molar-refractivity contribution >= 4 is 23.6 Å². The highest BCUT2D eigenvalue weighted by Gasteiger charge is 2.31. The van der Waals surface area contributed by atoms with Crippen LogP contribution < -0.4 is 5.32 Å². The quantitative estimate of drug-likeness (QED) is 0.598. The Balaban J connectivity index is 1.37. The van der Waals surface area contributed by atoms with E-state index in [1.807, 2.05) is 6.92 Å². The fourth-order valence-corrected chi connectivity index (χ4v) is 4.81. The summed E-state index contributed by atoms with van der Waals surface area (Å²) in [5.41, 5.74) is 3.91. The van der Waals surface area contributed by atoms with Crippen molar-refractivity contribution in [3.8, 4) is 0 Å². The number of nitrogens with zero attached hydrogens (tertiary/aromatic N) is 3. The Morgan fingerprint density at radius 2 is 1.97 bits per heavy atom. The summed E-state index contributed by atoms with van der Waals surface area (Å²) in [7, 11) is 0. The van der Waals surface area contributed by atoms with E-state index in [9.17, 15) is 4.79 Å². The number of carbonyl (C=O) groups is 1. The van der Waals surface area contributed by atoms with Gasteiger partial charge in [0.15, 0.2) is 0 Å². The van der Waals surface area contributed by atoms with Gasteiger partial charge in [-0.2, -0.15) is 5.10 Å². The maximum Gasteiger partial charge on any atom is 0.244 e. The number of aromatic nitrogens is 2. The molecule has 0 radical (unpaired) electrons. The first-order chi connectivity index (χ1) is 16.0. The molecule has 0 aliphatic carbocycles. The first-order valence-corrected chi connectivity index (χ1v) is 12.0. The standard InChI is InChI=1S/C25H33ClN4O3/c1-18-3-5-20(6-4-18)16-30-25(26)22(19(2)28-30)7-8-24(31)27-15-23(21-9-12-33-17-21)29-10-13-32-14-11-29/h3-8,21,23H,9-17H2,1-2H3,(H,27,31)/b8-7+. The van der Waals surface area contributed by atoms with E-state index in [0.29, 0.717) is 24.2 Å². The molecule has 4 rings (SSSR count). The van der Waals surface area contributed by atoms with Gasteiger partial charge in [-0.25, -0.2) is 4.68 Å². The molecule has 2 atom stereocenters. The Morgan fingerprint density at radius 1 is 1.21 bits per heavy atom. The van der Waals surface area contributed by atoms with Gasteiger partial charge in [0.05, 0.1) is 32.1 Å². The summed E-state index contributed by atoms with van der Waals surface area (Å²) in [5.74, 6) is 0.304. The van der Waals surface area contributed by atoms with Crippen LogP contribution in [0.3, 0.4) is 0 Å². The van der Waals surface area contributed by atoms with E-state index < -0.39 is 0 Å². The van der Waals surface area contributed by atoms with E-state index in [2.05, 4.69) is 46.5 Å². The molecule has 0 saturated carbocycles. The second kappa shape index (κ2) is 11.3. The Kier molecular flexibility index (Phi) is 8.20. The molecule has 8 heteroatoms. The minimum absolute atomic E-state index is 0.131. The molecular weight excluding hydrogens is 440 g/mol. The number of nitrogens with one attached hydrogen (secondary N) is 1. The first kappa shape index (κ1) is 24.0. The molecule has 178 valence electrons. The van der Waals surface area contributed by atoms with Gasteiger partial charge in [0.25, 0.3) is 0 Å². The van der Waals surface area contributed by atoms with Crippen molar-refractivity contribution in [1.82, 2.24) is 20.0 Å². The van der Waals surface area contributed by atoms with Crippen LogP contribution in [0.2, 0.25) is 5.15 Å². The molecule has 7 nitrogen and oxygen atoms in total. The van der Waals surface area contributed by atoms with Gasteiger partial charge in [-0.1, -0.05) is 41.4 Å². The molecule has 3 heterocycles. The highest BCUT2D eigenvalue weighted by Crippen LogP contribution is 2.23. The van der Waals surface area contributed by atoms with Gasteiger partial charge in [-0.3, -0.25) is 9.69 Å². The van der Waals surface area contributed by atoms with Crippen molar-refractivity contribution in [2.24, 2.45) is 5.92 Å². The highest BCUT2D eigenvalue weighted by atomic mass is 35.5. The third-order valence-electron chi connectivity index (χ3n) is 6.47. The molecule has 0 bridgehead atoms. The maximum atomic E-state index is 12.6. The summed E-state index contributed by atoms with van der Waals surface area (Å²) in [6.45, 7) is 9.96. The second-order valence-corrected chi connectivity index (χ2v) is 9.21. The number of ether oxygens (including phenoxy) is 2. The molecule has 2 unspecified atom stereocenters. The van der Waals surface area contributed by atoms with E-state index in [4.69, 9.17) is 21.1 Å². The van der Waals surface area contributed by atoms with Crippen LogP contribution in [0.15, 0.2) is 30.3 Å². The lowest BCUT2D eigenvalue weighted by molar-refractivity contribution is -0.116. The molecule has 2 fully saturated rings. The number of aryl methyl sites for hydroxylation is 2. The van der Waals surface area contributed by atoms with E-state index in [0.717, 1.165) is 62.8 Å². The molecule has 1 N–H and O–H groups in total. The second-order valence-electron chi connectivity index (χ2n) is 8.85. The van der Waals surface area contributed by atoms with Crippen LogP contribution in [0.4, 0.5) is 0 Å². The SMILES string of the molecule is Cc1ccc(Cn2nc(C)c(/C=C/C(=O)NCC(C3CCOC3)N3CCOCC3)c2Cl)cc1. The molecule has 33 heavy (non-hydrogen) atoms. The Labute approximate surface area is 200 Å². The minimum atomic E-state index is -0.131. The summed E-state index contributed by atoms with van der Waals surface area (Å²) < 4.78 is 12.9. The first-order valence-electron chi connectivity index (χ1n) is 11.6. The van der Waals surface area contributed by atoms with Crippen LogP contribution in [0, 0.1) is 19.8 Å². The van der Waals surface area contributed by atoms with E-state index in [1.165, 1.54) is 5.56 Å². The molecule has 2 aliphatic rings. The molecule has 1 aromatic carbocycles. The summed E-state index contributed by atoms with van der Waals surface area (Å²) in [5, 5.41) is 8.18. The van der Waals surface area contributed by atoms with Crippen molar-refractivity contribution in [2.45, 2.75) is 32.9 Å². The predicted molar refractivity (Wildman–Crippen MR) is 129 cm³/mol. The number of hydrogen-bond donors (Lipinski definition) is 1. The third-order valence-corrected chi connectivity index (χ3v) is 6.87. The van der Waals surface area contributed by atoms with Crippen molar-refractivity contribution in [3.63, 3.8) is 0 Å². The maximum absolute atomic E-state index is 12.6. The Hall–Kier alpha value is -2.19. The predicted octanol–water partition coefficient (Wildman–Crippen LogP) is 3.07. The average molecular weight is 473 g/mol. The molecule has 0 spiro atoms. The Bertz CT molecular complexity index is 961. The van der Waals surface area contributed by atoms with Gasteiger partial charge in [-0.15, -0.1) is 0 Å². The summed E-state index contributed by atoms with van der Waals surface area (Å²) >= 11 is 6.59. The van der Waals surface area contributed by atoms with Gasteiger partial charge in [0.2, 0.25) is 5.91 Å². The Morgan fingerprint density at radius 3 is 2.67 bits per heavy atom. The van der Waals surface area contributed by atoms with E-state index >= 15 is 0 Å². The number of amides is 1. The normalized spacial score (nSPS) is 20.4. The molecule has 1 amide bonds. The van der Waals surface area contributed by atoms with Gasteiger partial charge in [0.1, 0.15) is 5.15 Å². The summed E-state index contributed by atoms with van der Waals surface area (Å²) in [4.78, 5) is 15.0. The lowest BCUT2D eigenvalue weighted by Crippen LogP contribution is -2.52. The summed E-state index contributed by atoms with van der Waals surface area (Å²) in [6, 6.07) is 8.56. The highest BCUT2D eigenvalue weighted by molar-refractivity contribution is 6.31. The zero-order valence-electron chi connectivity index (χ0n) is 19.4.